The van der Waals surface area contributed by atoms with Crippen LogP contribution in [0, 0.1) is 0 Å². The van der Waals surface area contributed by atoms with Crippen LogP contribution in [0.4, 0.5) is 16.2 Å². The first-order valence-corrected chi connectivity index (χ1v) is 19.5. The van der Waals surface area contributed by atoms with Gasteiger partial charge in [0.25, 0.3) is 5.56 Å². The van der Waals surface area contributed by atoms with Crippen LogP contribution in [0.15, 0.2) is 22.4 Å². The summed E-state index contributed by atoms with van der Waals surface area (Å²) in [4.78, 5) is 54.3. The highest BCUT2D eigenvalue weighted by Gasteiger charge is 2.53. The van der Waals surface area contributed by atoms with Crippen LogP contribution in [0.2, 0.25) is 0 Å². The Labute approximate surface area is 266 Å². The Kier molecular flexibility index (Phi) is 8.12. The van der Waals surface area contributed by atoms with Crippen LogP contribution in [0.25, 0.3) is 11.2 Å². The number of aliphatic hydroxyl groups excluding tert-OH is 1. The number of ether oxygens (including phenoxy) is 2. The van der Waals surface area contributed by atoms with Crippen LogP contribution in [-0.2, 0) is 51.2 Å². The van der Waals surface area contributed by atoms with Crippen molar-refractivity contribution in [1.29, 1.82) is 0 Å². The first-order chi connectivity index (χ1) is 21.3. The van der Waals surface area contributed by atoms with E-state index >= 15 is 4.39 Å². The number of rotatable bonds is 2. The number of halogens is 1. The number of Topliss-reactive ketones (excluding diaryl/α,β-unsaturated/α-hetero) is 1. The Morgan fingerprint density at radius 1 is 1.07 bits per heavy atom. The number of imidazole rings is 2. The summed E-state index contributed by atoms with van der Waals surface area (Å²) in [6.45, 7) is -5.23. The number of aliphatic imine (C=N–C) groups is 1. The molecular formula is C21H23FN8O10P2S3. The number of aromatic nitrogens is 6. The van der Waals surface area contributed by atoms with Crippen LogP contribution < -0.4 is 11.3 Å². The van der Waals surface area contributed by atoms with E-state index in [-0.39, 0.29) is 40.8 Å². The zero-order chi connectivity index (χ0) is 31.8. The number of hydrogen-bond acceptors (Lipinski definition) is 16. The highest BCUT2D eigenvalue weighted by Crippen LogP contribution is 2.59. The number of aromatic amines is 1. The molecule has 10 atom stereocenters. The van der Waals surface area contributed by atoms with Crippen molar-refractivity contribution in [1.82, 2.24) is 29.1 Å². The monoisotopic (exact) mass is 724 g/mol. The lowest BCUT2D eigenvalue weighted by Gasteiger charge is -2.28. The van der Waals surface area contributed by atoms with Gasteiger partial charge in [-0.05, 0) is 23.6 Å². The van der Waals surface area contributed by atoms with Crippen molar-refractivity contribution in [2.45, 2.75) is 55.6 Å². The van der Waals surface area contributed by atoms with Crippen molar-refractivity contribution in [3.05, 3.63) is 28.7 Å². The second-order valence-corrected chi connectivity index (χ2v) is 18.3. The Morgan fingerprint density at radius 2 is 1.80 bits per heavy atom. The molecule has 0 aliphatic carbocycles. The van der Waals surface area contributed by atoms with E-state index in [1.807, 2.05) is 0 Å². The fourth-order valence-electron chi connectivity index (χ4n) is 5.38. The van der Waals surface area contributed by atoms with Crippen molar-refractivity contribution >= 4 is 83.2 Å². The molecule has 24 heteroatoms. The third kappa shape index (κ3) is 5.75. The second-order valence-electron chi connectivity index (χ2n) is 10.3. The van der Waals surface area contributed by atoms with Gasteiger partial charge in [-0.25, -0.2) is 19.4 Å². The van der Waals surface area contributed by atoms with Gasteiger partial charge in [0.2, 0.25) is 11.6 Å². The molecule has 0 spiro atoms. The van der Waals surface area contributed by atoms with Gasteiger partial charge in [0.15, 0.2) is 47.1 Å². The Bertz CT molecular complexity index is 1880. The van der Waals surface area contributed by atoms with Crippen molar-refractivity contribution in [3.63, 3.8) is 0 Å². The molecule has 242 valence electrons. The van der Waals surface area contributed by atoms with E-state index in [4.69, 9.17) is 56.9 Å². The van der Waals surface area contributed by atoms with E-state index in [0.29, 0.717) is 0 Å². The van der Waals surface area contributed by atoms with Gasteiger partial charge < -0.3 is 38.8 Å². The number of nitrogen functional groups attached to an aromatic ring is 1. The molecule has 7 rings (SSSR count). The molecule has 0 saturated carbocycles. The summed E-state index contributed by atoms with van der Waals surface area (Å²) < 4.78 is 53.5. The van der Waals surface area contributed by atoms with E-state index in [0.717, 1.165) is 0 Å². The third-order valence-corrected chi connectivity index (χ3v) is 11.2. The summed E-state index contributed by atoms with van der Waals surface area (Å²) >= 11 is 15.1. The fourth-order valence-corrected chi connectivity index (χ4v) is 8.76. The highest BCUT2D eigenvalue weighted by atomic mass is 32.9. The standard InChI is InChI=1S/C21H23FN8O10P2S3/c22-10-14-9(38-19(10)29-5-25-11-7(31)1-2-24-16(11)29)4-36-42(44,45)40-15-13(32)8(3-35-41(34,43)39-14)37-20(15)30-6-26-12-17(30)27-21(23)28-18(12)33/h2,5-6,8-10,13-15,19-20,32H,1,3-4H2,(H,34,43)(H,44,45)(H3,23,27,28,33)/t8-,9-,10+,13-,14-,15-,19-,20-,41?/m1/s1. The maximum atomic E-state index is 16.0. The zero-order valence-electron chi connectivity index (χ0n) is 22.4. The summed E-state index contributed by atoms with van der Waals surface area (Å²) in [6.07, 6.45) is -7.48. The number of nitrogens with two attached hydrogens (primary N) is 1. The lowest BCUT2D eigenvalue weighted by atomic mass is 10.1. The maximum absolute atomic E-state index is 16.0. The predicted molar refractivity (Wildman–Crippen MR) is 162 cm³/mol. The normalized spacial score (nSPS) is 38.8. The number of carbonyl (C=O) groups is 1. The van der Waals surface area contributed by atoms with Gasteiger partial charge in [-0.1, -0.05) is 12.2 Å². The Hall–Kier alpha value is -2.04. The number of thiol groups is 1. The molecule has 4 aliphatic rings. The van der Waals surface area contributed by atoms with Gasteiger partial charge in [0.1, 0.15) is 30.5 Å². The van der Waals surface area contributed by atoms with E-state index in [9.17, 15) is 19.6 Å². The molecule has 3 fully saturated rings. The van der Waals surface area contributed by atoms with Crippen molar-refractivity contribution < 1.29 is 46.8 Å². The number of nitrogens with one attached hydrogen (secondary N) is 1. The molecule has 2 unspecified atom stereocenters. The van der Waals surface area contributed by atoms with Crippen LogP contribution in [0.3, 0.4) is 0 Å². The lowest BCUT2D eigenvalue weighted by Crippen LogP contribution is -2.35. The quantitative estimate of drug-likeness (QED) is 0.180. The summed E-state index contributed by atoms with van der Waals surface area (Å²) in [5.74, 6) is -0.401. The Morgan fingerprint density at radius 3 is 2.60 bits per heavy atom. The summed E-state index contributed by atoms with van der Waals surface area (Å²) in [5, 5.41) is 11.2. The van der Waals surface area contributed by atoms with Crippen molar-refractivity contribution in [2.75, 3.05) is 18.9 Å². The summed E-state index contributed by atoms with van der Waals surface area (Å²) in [6, 6.07) is 0. The fraction of sp³-hybridized carbons (Fsp3) is 0.524. The summed E-state index contributed by atoms with van der Waals surface area (Å²) in [7, 11) is 0. The number of H-pyrrole nitrogens is 1. The molecule has 0 radical (unpaired) electrons. The molecule has 5 N–H and O–H groups in total. The van der Waals surface area contributed by atoms with Gasteiger partial charge in [-0.15, -0.1) is 0 Å². The van der Waals surface area contributed by atoms with Crippen LogP contribution in [-0.4, -0.2) is 101 Å². The number of nitrogens with zero attached hydrogens (tertiary/aromatic N) is 6. The van der Waals surface area contributed by atoms with E-state index in [1.54, 1.807) is 0 Å². The van der Waals surface area contributed by atoms with E-state index in [1.165, 1.54) is 28.0 Å². The minimum absolute atomic E-state index is 0.0173. The van der Waals surface area contributed by atoms with E-state index in [2.05, 4.69) is 37.2 Å². The first-order valence-electron chi connectivity index (χ1n) is 13.1. The topological polar surface area (TPSA) is 233 Å². The molecule has 0 aromatic carbocycles. The number of aliphatic hydroxyl groups is 1. The third-order valence-electron chi connectivity index (χ3n) is 7.41. The molecule has 2 bridgehead atoms. The number of carbonyl (C=O) groups excluding carboxylic acids is 1. The molecule has 0 amide bonds. The van der Waals surface area contributed by atoms with Gasteiger partial charge in [0, 0.05) is 12.6 Å². The second kappa shape index (κ2) is 11.6. The molecule has 45 heavy (non-hydrogen) atoms. The SMILES string of the molecule is Nc1nc2c(ncn2[C@@H]2O[C@@H]3COP(O)(=S)O[C@H]4[C@H](F)[C@H](n5cnc6c5N=CCC6=O)O[C@@H]4COP(=S)(S)O[C@@H]2[C@@H]3O)c(=O)[nH]1. The Balaban J connectivity index is 1.20. The number of fused-ring (bicyclic) bond motifs is 5. The van der Waals surface area contributed by atoms with Gasteiger partial charge in [-0.2, -0.15) is 4.98 Å². The average molecular weight is 725 g/mol. The van der Waals surface area contributed by atoms with Gasteiger partial charge in [-0.3, -0.25) is 28.2 Å². The predicted octanol–water partition coefficient (Wildman–Crippen LogP) is 0.569. The maximum Gasteiger partial charge on any atom is 0.325 e. The average Bonchev–Trinajstić information content (AvgIpc) is 3.72. The molecule has 3 aromatic heterocycles. The van der Waals surface area contributed by atoms with Crippen molar-refractivity contribution in [3.8, 4) is 0 Å². The minimum Gasteiger partial charge on any atom is -0.387 e. The number of ketones is 1. The molecule has 18 nitrogen and oxygen atoms in total. The largest absolute Gasteiger partial charge is 0.387 e. The molecule has 3 saturated heterocycles. The zero-order valence-corrected chi connectivity index (χ0v) is 26.7. The lowest BCUT2D eigenvalue weighted by molar-refractivity contribution is -0.0567. The number of anilines is 1. The van der Waals surface area contributed by atoms with E-state index < -0.39 is 80.3 Å². The summed E-state index contributed by atoms with van der Waals surface area (Å²) in [5.41, 5.74) is 1.53. The first kappa shape index (κ1) is 31.6. The molecular weight excluding hydrogens is 701 g/mol. The van der Waals surface area contributed by atoms with Gasteiger partial charge >= 0.3 is 6.72 Å². The molecule has 3 aromatic rings. The highest BCUT2D eigenvalue weighted by molar-refractivity contribution is 8.60. The molecule has 4 aliphatic heterocycles. The van der Waals surface area contributed by atoms with Crippen LogP contribution in [0.1, 0.15) is 29.4 Å². The van der Waals surface area contributed by atoms with Gasteiger partial charge in [0.05, 0.1) is 25.9 Å². The minimum atomic E-state index is -4.23. The smallest absolute Gasteiger partial charge is 0.325 e. The van der Waals surface area contributed by atoms with Crippen LogP contribution >= 0.6 is 24.7 Å². The molecule has 7 heterocycles. The number of hydrogen-bond donors (Lipinski definition) is 5. The van der Waals surface area contributed by atoms with Crippen LogP contribution in [0.5, 0.6) is 0 Å². The van der Waals surface area contributed by atoms with Crippen molar-refractivity contribution in [2.24, 2.45) is 4.99 Å². The number of alkyl halides is 1.